The van der Waals surface area contributed by atoms with Gasteiger partial charge in [-0.25, -0.2) is 8.42 Å². The minimum absolute atomic E-state index is 0.197. The number of likely N-dealkylation sites (tertiary alicyclic amines) is 1. The number of sulfonamides is 1. The van der Waals surface area contributed by atoms with Crippen LogP contribution in [-0.2, 0) is 27.8 Å². The second-order valence-electron chi connectivity index (χ2n) is 10.9. The van der Waals surface area contributed by atoms with Crippen LogP contribution in [0.15, 0.2) is 35.2 Å². The molecule has 3 N–H and O–H groups in total. The number of rotatable bonds is 8. The second-order valence-corrected chi connectivity index (χ2v) is 13.0. The third-order valence-corrected chi connectivity index (χ3v) is 9.59. The van der Waals surface area contributed by atoms with Crippen LogP contribution in [0.2, 0.25) is 5.02 Å². The highest BCUT2D eigenvalue weighted by Crippen LogP contribution is 2.32. The first-order valence-corrected chi connectivity index (χ1v) is 15.3. The highest BCUT2D eigenvalue weighted by atomic mass is 35.5. The molecule has 12 heteroatoms. The zero-order valence-corrected chi connectivity index (χ0v) is 24.1. The summed E-state index contributed by atoms with van der Waals surface area (Å²) < 4.78 is 69.2. The minimum Gasteiger partial charge on any atom is -0.392 e. The maximum atomic E-state index is 13.9. The number of fused-ring (bicyclic) bond motifs is 1. The molecular weight excluding hydrogens is 567 g/mol. The fraction of sp³-hybridized carbons (Fsp3) is 0.536. The van der Waals surface area contributed by atoms with Crippen molar-refractivity contribution >= 4 is 27.5 Å². The van der Waals surface area contributed by atoms with Crippen molar-refractivity contribution in [1.82, 2.24) is 14.9 Å². The number of carbonyl (C=O) groups excluding carboxylic acids is 1. The van der Waals surface area contributed by atoms with Crippen LogP contribution in [0.5, 0.6) is 0 Å². The summed E-state index contributed by atoms with van der Waals surface area (Å²) in [7, 11) is -4.59. The highest BCUT2D eigenvalue weighted by molar-refractivity contribution is 7.89. The van der Waals surface area contributed by atoms with E-state index in [1.165, 1.54) is 19.1 Å². The lowest BCUT2D eigenvalue weighted by Crippen LogP contribution is -2.48. The molecule has 1 fully saturated rings. The first kappa shape index (κ1) is 30.8. The molecule has 1 aliphatic heterocycles. The SMILES string of the molecule is Cc1cc(S(=O)(=O)N[C@@H](CC(=O)N[C@@H]2CCCc3cc(CN4CCCC(O)C4)ccc32)C(F)(F)F)c(C)cc1Cl. The van der Waals surface area contributed by atoms with Crippen molar-refractivity contribution in [3.63, 3.8) is 0 Å². The lowest BCUT2D eigenvalue weighted by molar-refractivity contribution is -0.158. The lowest BCUT2D eigenvalue weighted by Gasteiger charge is -2.31. The van der Waals surface area contributed by atoms with Crippen LogP contribution in [0, 0.1) is 13.8 Å². The molecule has 0 bridgehead atoms. The maximum absolute atomic E-state index is 13.9. The van der Waals surface area contributed by atoms with Gasteiger partial charge in [0.2, 0.25) is 15.9 Å². The quantitative estimate of drug-likeness (QED) is 0.407. The van der Waals surface area contributed by atoms with Crippen molar-refractivity contribution in [3.8, 4) is 0 Å². The highest BCUT2D eigenvalue weighted by Gasteiger charge is 2.44. The summed E-state index contributed by atoms with van der Waals surface area (Å²) in [5, 5.41) is 12.9. The number of nitrogens with zero attached hydrogens (tertiary/aromatic N) is 1. The molecule has 3 atom stereocenters. The number of amides is 1. The van der Waals surface area contributed by atoms with Crippen molar-refractivity contribution in [3.05, 3.63) is 63.2 Å². The van der Waals surface area contributed by atoms with Crippen LogP contribution in [0.25, 0.3) is 0 Å². The van der Waals surface area contributed by atoms with Crippen molar-refractivity contribution in [2.75, 3.05) is 13.1 Å². The number of carbonyl (C=O) groups is 1. The van der Waals surface area contributed by atoms with Gasteiger partial charge in [0.25, 0.3) is 0 Å². The van der Waals surface area contributed by atoms with E-state index >= 15 is 0 Å². The molecule has 2 aromatic rings. The third kappa shape index (κ3) is 7.55. The van der Waals surface area contributed by atoms with Gasteiger partial charge in [-0.3, -0.25) is 9.69 Å². The van der Waals surface area contributed by atoms with E-state index < -0.39 is 40.6 Å². The minimum atomic E-state index is -4.98. The van der Waals surface area contributed by atoms with E-state index in [-0.39, 0.29) is 16.6 Å². The van der Waals surface area contributed by atoms with Gasteiger partial charge in [-0.1, -0.05) is 29.8 Å². The Kier molecular flexibility index (Phi) is 9.51. The molecule has 1 aliphatic carbocycles. The van der Waals surface area contributed by atoms with Crippen LogP contribution in [0.4, 0.5) is 13.2 Å². The van der Waals surface area contributed by atoms with Crippen LogP contribution in [-0.4, -0.2) is 55.7 Å². The number of aliphatic hydroxyl groups is 1. The van der Waals surface area contributed by atoms with Gasteiger partial charge in [0.05, 0.1) is 23.5 Å². The fourth-order valence-electron chi connectivity index (χ4n) is 5.51. The number of nitrogens with one attached hydrogen (secondary N) is 2. The van der Waals surface area contributed by atoms with Gasteiger partial charge in [0.15, 0.2) is 0 Å². The topological polar surface area (TPSA) is 98.7 Å². The summed E-state index contributed by atoms with van der Waals surface area (Å²) in [4.78, 5) is 14.7. The number of β-amino-alcohol motifs (C(OH)–C–C–N with tert-alkyl or cyclic N) is 1. The predicted molar refractivity (Wildman–Crippen MR) is 146 cm³/mol. The smallest absolute Gasteiger partial charge is 0.392 e. The van der Waals surface area contributed by atoms with Gasteiger partial charge in [0, 0.05) is 18.1 Å². The molecule has 1 amide bonds. The van der Waals surface area contributed by atoms with Gasteiger partial charge < -0.3 is 10.4 Å². The molecule has 220 valence electrons. The number of benzene rings is 2. The predicted octanol–water partition coefficient (Wildman–Crippen LogP) is 4.71. The fourth-order valence-corrected chi connectivity index (χ4v) is 7.26. The Labute approximate surface area is 238 Å². The number of hydrogen-bond donors (Lipinski definition) is 3. The number of piperidine rings is 1. The van der Waals surface area contributed by atoms with E-state index in [1.54, 1.807) is 11.6 Å². The summed E-state index contributed by atoms with van der Waals surface area (Å²) in [6.07, 6.45) is -2.53. The van der Waals surface area contributed by atoms with Gasteiger partial charge in [-0.2, -0.15) is 17.9 Å². The number of alkyl halides is 3. The van der Waals surface area contributed by atoms with Crippen molar-refractivity contribution < 1.29 is 31.5 Å². The van der Waals surface area contributed by atoms with E-state index in [0.717, 1.165) is 48.9 Å². The van der Waals surface area contributed by atoms with E-state index in [9.17, 15) is 31.5 Å². The lowest BCUT2D eigenvalue weighted by atomic mass is 9.86. The first-order chi connectivity index (χ1) is 18.7. The Morgan fingerprint density at radius 2 is 1.90 bits per heavy atom. The van der Waals surface area contributed by atoms with E-state index in [2.05, 4.69) is 16.3 Å². The molecule has 1 heterocycles. The van der Waals surface area contributed by atoms with E-state index in [0.29, 0.717) is 30.1 Å². The maximum Gasteiger partial charge on any atom is 0.405 e. The standard InChI is InChI=1S/C28H35ClF3N3O4S/c1-17-12-25(18(2)11-23(17)29)40(38,39)34-26(28(30,31)32)14-27(37)33-24-7-3-5-20-13-19(8-9-22(20)24)15-35-10-4-6-21(36)16-35/h8-9,11-13,21,24,26,34,36H,3-7,10,14-16H2,1-2H3,(H,33,37)/t21?,24-,26+/m1/s1. The Bertz CT molecular complexity index is 1350. The normalized spacial score (nSPS) is 21.1. The molecular formula is C28H35ClF3N3O4S. The average Bonchev–Trinajstić information content (AvgIpc) is 2.85. The number of halogens is 4. The number of hydrogen-bond acceptors (Lipinski definition) is 5. The molecule has 0 aromatic heterocycles. The Morgan fingerprint density at radius 1 is 1.15 bits per heavy atom. The Balaban J connectivity index is 1.45. The van der Waals surface area contributed by atoms with Crippen molar-refractivity contribution in [1.29, 1.82) is 0 Å². The molecule has 0 spiro atoms. The molecule has 4 rings (SSSR count). The molecule has 1 unspecified atom stereocenters. The van der Waals surface area contributed by atoms with Crippen LogP contribution in [0.1, 0.15) is 66.0 Å². The number of aryl methyl sites for hydroxylation is 3. The van der Waals surface area contributed by atoms with Crippen molar-refractivity contribution in [2.24, 2.45) is 0 Å². The Hall–Kier alpha value is -2.18. The average molecular weight is 602 g/mol. The second kappa shape index (κ2) is 12.4. The molecule has 2 aromatic carbocycles. The summed E-state index contributed by atoms with van der Waals surface area (Å²) >= 11 is 6.01. The molecule has 40 heavy (non-hydrogen) atoms. The van der Waals surface area contributed by atoms with Crippen molar-refractivity contribution in [2.45, 2.75) is 88.2 Å². The Morgan fingerprint density at radius 3 is 2.60 bits per heavy atom. The monoisotopic (exact) mass is 601 g/mol. The van der Waals surface area contributed by atoms with Crippen LogP contribution >= 0.6 is 11.6 Å². The third-order valence-electron chi connectivity index (χ3n) is 7.57. The molecule has 7 nitrogen and oxygen atoms in total. The summed E-state index contributed by atoms with van der Waals surface area (Å²) in [6.45, 7) is 5.22. The largest absolute Gasteiger partial charge is 0.405 e. The van der Waals surface area contributed by atoms with Gasteiger partial charge in [0.1, 0.15) is 6.04 Å². The number of aliphatic hydroxyl groups excluding tert-OH is 1. The zero-order chi connectivity index (χ0) is 29.2. The van der Waals surface area contributed by atoms with E-state index in [1.807, 2.05) is 12.1 Å². The zero-order valence-electron chi connectivity index (χ0n) is 22.5. The van der Waals surface area contributed by atoms with E-state index in [4.69, 9.17) is 11.6 Å². The summed E-state index contributed by atoms with van der Waals surface area (Å²) in [5.74, 6) is -0.890. The van der Waals surface area contributed by atoms with Gasteiger partial charge >= 0.3 is 6.18 Å². The molecule has 2 aliphatic rings. The molecule has 1 saturated heterocycles. The first-order valence-electron chi connectivity index (χ1n) is 13.4. The summed E-state index contributed by atoms with van der Waals surface area (Å²) in [5.41, 5.74) is 3.58. The van der Waals surface area contributed by atoms with Gasteiger partial charge in [-0.05, 0) is 92.4 Å². The van der Waals surface area contributed by atoms with Crippen LogP contribution < -0.4 is 10.0 Å². The molecule has 0 saturated carbocycles. The summed E-state index contributed by atoms with van der Waals surface area (Å²) in [6, 6.07) is 5.46. The molecule has 0 radical (unpaired) electrons. The van der Waals surface area contributed by atoms with Crippen LogP contribution in [0.3, 0.4) is 0 Å². The van der Waals surface area contributed by atoms with Gasteiger partial charge in [-0.15, -0.1) is 0 Å².